The van der Waals surface area contributed by atoms with Crippen LogP contribution in [0.4, 0.5) is 17.5 Å². The number of anilines is 3. The van der Waals surface area contributed by atoms with Gasteiger partial charge in [-0.2, -0.15) is 4.98 Å². The third-order valence-electron chi connectivity index (χ3n) is 3.77. The zero-order valence-corrected chi connectivity index (χ0v) is 13.7. The van der Waals surface area contributed by atoms with E-state index >= 15 is 0 Å². The lowest BCUT2D eigenvalue weighted by molar-refractivity contribution is 0.726. The van der Waals surface area contributed by atoms with Gasteiger partial charge in [-0.25, -0.2) is 4.98 Å². The number of hydrogen-bond donors (Lipinski definition) is 1. The van der Waals surface area contributed by atoms with Crippen molar-refractivity contribution in [2.45, 2.75) is 25.7 Å². The summed E-state index contributed by atoms with van der Waals surface area (Å²) >= 11 is 12.2. The lowest BCUT2D eigenvalue weighted by Gasteiger charge is -2.21. The zero-order chi connectivity index (χ0) is 15.4. The SMILES string of the molecule is Clc1cccc(Nc2nccc(N3CCCCCC3)n2)c1Cl. The second kappa shape index (κ2) is 7.16. The number of halogens is 2. The van der Waals surface area contributed by atoms with Crippen molar-refractivity contribution in [2.24, 2.45) is 0 Å². The summed E-state index contributed by atoms with van der Waals surface area (Å²) in [5, 5.41) is 4.13. The molecule has 0 aliphatic carbocycles. The molecule has 1 aliphatic heterocycles. The molecule has 2 aromatic rings. The molecule has 6 heteroatoms. The first-order valence-corrected chi connectivity index (χ1v) is 8.29. The molecule has 1 aliphatic rings. The highest BCUT2D eigenvalue weighted by Gasteiger charge is 2.12. The molecule has 1 saturated heterocycles. The Labute approximate surface area is 140 Å². The predicted octanol–water partition coefficient (Wildman–Crippen LogP) is 4.91. The molecular formula is C16H18Cl2N4. The maximum atomic E-state index is 6.19. The molecule has 1 aromatic heterocycles. The normalized spacial score (nSPS) is 15.5. The first kappa shape index (κ1) is 15.4. The molecule has 4 nitrogen and oxygen atoms in total. The van der Waals surface area contributed by atoms with Gasteiger partial charge in [-0.1, -0.05) is 42.1 Å². The summed E-state index contributed by atoms with van der Waals surface area (Å²) < 4.78 is 0. The molecule has 0 atom stereocenters. The van der Waals surface area contributed by atoms with Gasteiger partial charge in [-0.15, -0.1) is 0 Å². The van der Waals surface area contributed by atoms with E-state index in [1.54, 1.807) is 12.3 Å². The zero-order valence-electron chi connectivity index (χ0n) is 12.2. The van der Waals surface area contributed by atoms with E-state index in [1.807, 2.05) is 18.2 Å². The number of benzene rings is 1. The largest absolute Gasteiger partial charge is 0.356 e. The van der Waals surface area contributed by atoms with Gasteiger partial charge < -0.3 is 10.2 Å². The number of nitrogens with zero attached hydrogens (tertiary/aromatic N) is 3. The highest BCUT2D eigenvalue weighted by molar-refractivity contribution is 6.43. The van der Waals surface area contributed by atoms with Crippen LogP contribution in [0.15, 0.2) is 30.5 Å². The summed E-state index contributed by atoms with van der Waals surface area (Å²) in [5.74, 6) is 1.49. The van der Waals surface area contributed by atoms with Crippen LogP contribution in [0.5, 0.6) is 0 Å². The van der Waals surface area contributed by atoms with Gasteiger partial charge in [0.2, 0.25) is 5.95 Å². The van der Waals surface area contributed by atoms with Crippen LogP contribution in [0, 0.1) is 0 Å². The standard InChI is InChI=1S/C16H18Cl2N4/c17-12-6-5-7-13(15(12)18)20-16-19-9-8-14(21-16)22-10-3-1-2-4-11-22/h5-9H,1-4,10-11H2,(H,19,20,21). The summed E-state index contributed by atoms with van der Waals surface area (Å²) in [6.07, 6.45) is 6.80. The molecule has 1 aromatic carbocycles. The minimum Gasteiger partial charge on any atom is -0.356 e. The van der Waals surface area contributed by atoms with Crippen molar-refractivity contribution in [2.75, 3.05) is 23.3 Å². The van der Waals surface area contributed by atoms with Crippen molar-refractivity contribution in [3.8, 4) is 0 Å². The van der Waals surface area contributed by atoms with E-state index in [4.69, 9.17) is 23.2 Å². The van der Waals surface area contributed by atoms with Crippen molar-refractivity contribution >= 4 is 40.7 Å². The Morgan fingerprint density at radius 1 is 1.00 bits per heavy atom. The third kappa shape index (κ3) is 3.62. The van der Waals surface area contributed by atoms with Crippen LogP contribution in [0.25, 0.3) is 0 Å². The van der Waals surface area contributed by atoms with E-state index in [0.29, 0.717) is 21.7 Å². The summed E-state index contributed by atoms with van der Waals surface area (Å²) in [6.45, 7) is 2.10. The van der Waals surface area contributed by atoms with Gasteiger partial charge in [0, 0.05) is 19.3 Å². The van der Waals surface area contributed by atoms with Crippen molar-refractivity contribution in [1.29, 1.82) is 0 Å². The van der Waals surface area contributed by atoms with E-state index in [2.05, 4.69) is 20.2 Å². The molecule has 22 heavy (non-hydrogen) atoms. The summed E-state index contributed by atoms with van der Waals surface area (Å²) in [5.41, 5.74) is 0.710. The molecule has 0 bridgehead atoms. The van der Waals surface area contributed by atoms with E-state index < -0.39 is 0 Å². The van der Waals surface area contributed by atoms with Crippen LogP contribution in [-0.4, -0.2) is 23.1 Å². The Kier molecular flexibility index (Phi) is 5.01. The fraction of sp³-hybridized carbons (Fsp3) is 0.375. The van der Waals surface area contributed by atoms with Crippen molar-refractivity contribution in [1.82, 2.24) is 9.97 Å². The maximum Gasteiger partial charge on any atom is 0.229 e. The third-order valence-corrected chi connectivity index (χ3v) is 4.59. The van der Waals surface area contributed by atoms with Crippen LogP contribution in [0.3, 0.4) is 0 Å². The fourth-order valence-electron chi connectivity index (χ4n) is 2.61. The average Bonchev–Trinajstić information content (AvgIpc) is 2.81. The number of nitrogens with one attached hydrogen (secondary N) is 1. The maximum absolute atomic E-state index is 6.19. The van der Waals surface area contributed by atoms with Crippen molar-refractivity contribution in [3.05, 3.63) is 40.5 Å². The van der Waals surface area contributed by atoms with E-state index in [1.165, 1.54) is 25.7 Å². The Bertz CT molecular complexity index is 640. The molecule has 3 rings (SSSR count). The van der Waals surface area contributed by atoms with Gasteiger partial charge >= 0.3 is 0 Å². The summed E-state index contributed by atoms with van der Waals surface area (Å²) in [6, 6.07) is 7.41. The second-order valence-electron chi connectivity index (χ2n) is 5.37. The first-order chi connectivity index (χ1) is 10.7. The highest BCUT2D eigenvalue weighted by Crippen LogP contribution is 2.31. The van der Waals surface area contributed by atoms with Crippen molar-refractivity contribution in [3.63, 3.8) is 0 Å². The van der Waals surface area contributed by atoms with Crippen LogP contribution in [0.2, 0.25) is 10.0 Å². The van der Waals surface area contributed by atoms with Gasteiger partial charge in [0.25, 0.3) is 0 Å². The molecule has 116 valence electrons. The number of aromatic nitrogens is 2. The van der Waals surface area contributed by atoms with Crippen LogP contribution >= 0.6 is 23.2 Å². The monoisotopic (exact) mass is 336 g/mol. The smallest absolute Gasteiger partial charge is 0.229 e. The first-order valence-electron chi connectivity index (χ1n) is 7.53. The molecule has 1 fully saturated rings. The summed E-state index contributed by atoms with van der Waals surface area (Å²) in [4.78, 5) is 11.2. The quantitative estimate of drug-likeness (QED) is 0.864. The van der Waals surface area contributed by atoms with Gasteiger partial charge in [-0.05, 0) is 31.0 Å². The molecule has 0 saturated carbocycles. The van der Waals surface area contributed by atoms with Crippen molar-refractivity contribution < 1.29 is 0 Å². The Morgan fingerprint density at radius 2 is 1.77 bits per heavy atom. The van der Waals surface area contributed by atoms with Crippen LogP contribution in [-0.2, 0) is 0 Å². The van der Waals surface area contributed by atoms with E-state index in [0.717, 1.165) is 18.9 Å². The lowest BCUT2D eigenvalue weighted by atomic mass is 10.2. The van der Waals surface area contributed by atoms with Crippen LogP contribution < -0.4 is 10.2 Å². The van der Waals surface area contributed by atoms with Gasteiger partial charge in [-0.3, -0.25) is 0 Å². The average molecular weight is 337 g/mol. The topological polar surface area (TPSA) is 41.1 Å². The number of rotatable bonds is 3. The molecule has 0 radical (unpaired) electrons. The molecule has 0 unspecified atom stereocenters. The molecule has 0 spiro atoms. The molecule has 0 amide bonds. The highest BCUT2D eigenvalue weighted by atomic mass is 35.5. The Balaban J connectivity index is 1.80. The second-order valence-corrected chi connectivity index (χ2v) is 6.15. The van der Waals surface area contributed by atoms with Crippen LogP contribution in [0.1, 0.15) is 25.7 Å². The summed E-state index contributed by atoms with van der Waals surface area (Å²) in [7, 11) is 0. The fourth-order valence-corrected chi connectivity index (χ4v) is 2.95. The molecular weight excluding hydrogens is 319 g/mol. The molecule has 1 N–H and O–H groups in total. The van der Waals surface area contributed by atoms with Gasteiger partial charge in [0.15, 0.2) is 0 Å². The minimum absolute atomic E-state index is 0.480. The minimum atomic E-state index is 0.480. The molecule has 2 heterocycles. The Morgan fingerprint density at radius 3 is 2.55 bits per heavy atom. The van der Waals surface area contributed by atoms with E-state index in [9.17, 15) is 0 Å². The number of hydrogen-bond acceptors (Lipinski definition) is 4. The lowest BCUT2D eigenvalue weighted by Crippen LogP contribution is -2.25. The Hall–Kier alpha value is -1.52. The van der Waals surface area contributed by atoms with E-state index in [-0.39, 0.29) is 0 Å². The predicted molar refractivity (Wildman–Crippen MR) is 92.5 cm³/mol. The van der Waals surface area contributed by atoms with Gasteiger partial charge in [0.05, 0.1) is 15.7 Å². The van der Waals surface area contributed by atoms with Gasteiger partial charge in [0.1, 0.15) is 5.82 Å².